The summed E-state index contributed by atoms with van der Waals surface area (Å²) in [5, 5.41) is 9.34. The predicted octanol–water partition coefficient (Wildman–Crippen LogP) is 6.65. The van der Waals surface area contributed by atoms with Crippen LogP contribution in [0.4, 0.5) is 0 Å². The first kappa shape index (κ1) is 20.4. The molecular formula is C23H29ClO2S. The van der Waals surface area contributed by atoms with Crippen molar-refractivity contribution < 1.29 is 9.90 Å². The van der Waals surface area contributed by atoms with Crippen molar-refractivity contribution in [3.05, 3.63) is 56.8 Å². The Balaban J connectivity index is 1.51. The quantitative estimate of drug-likeness (QED) is 0.500. The van der Waals surface area contributed by atoms with Crippen LogP contribution < -0.4 is 0 Å². The van der Waals surface area contributed by atoms with Gasteiger partial charge in [-0.1, -0.05) is 29.3 Å². The number of halogens is 1. The minimum Gasteiger partial charge on any atom is -0.477 e. The van der Waals surface area contributed by atoms with Gasteiger partial charge in [-0.25, -0.2) is 4.79 Å². The molecule has 0 saturated heterocycles. The van der Waals surface area contributed by atoms with Crippen LogP contribution in [0.1, 0.15) is 63.3 Å². The summed E-state index contributed by atoms with van der Waals surface area (Å²) in [5.74, 6) is 0.483. The van der Waals surface area contributed by atoms with Crippen LogP contribution in [-0.2, 0) is 12.8 Å². The van der Waals surface area contributed by atoms with Crippen molar-refractivity contribution in [3.63, 3.8) is 0 Å². The van der Waals surface area contributed by atoms with Gasteiger partial charge < -0.3 is 5.11 Å². The molecule has 3 atom stereocenters. The Morgan fingerprint density at radius 3 is 2.52 bits per heavy atom. The van der Waals surface area contributed by atoms with Crippen molar-refractivity contribution in [3.8, 4) is 0 Å². The molecule has 0 amide bonds. The minimum atomic E-state index is -0.825. The Bertz CT molecular complexity index is 762. The Morgan fingerprint density at radius 2 is 1.85 bits per heavy atom. The molecule has 0 bridgehead atoms. The lowest BCUT2D eigenvalue weighted by molar-refractivity contribution is 0.0702. The maximum Gasteiger partial charge on any atom is 0.345 e. The van der Waals surface area contributed by atoms with Crippen LogP contribution in [0.5, 0.6) is 0 Å². The number of aryl methyl sites for hydroxylation is 4. The van der Waals surface area contributed by atoms with Gasteiger partial charge in [0.15, 0.2) is 0 Å². The van der Waals surface area contributed by atoms with Crippen molar-refractivity contribution in [1.82, 2.24) is 0 Å². The zero-order valence-electron chi connectivity index (χ0n) is 16.2. The van der Waals surface area contributed by atoms with Crippen LogP contribution in [0.3, 0.4) is 0 Å². The first-order valence-corrected chi connectivity index (χ1v) is 11.2. The molecule has 1 N–H and O–H groups in total. The molecule has 1 aliphatic carbocycles. The lowest BCUT2D eigenvalue weighted by atomic mass is 9.86. The molecule has 3 rings (SSSR count). The summed E-state index contributed by atoms with van der Waals surface area (Å²) in [4.78, 5) is 12.6. The standard InChI is InChI=1S/C23H29ClO2S/c1-15-12-16(2)14-17(13-15)6-7-18-8-10-21(24)20(18)5-3-4-19-9-11-22(27-19)23(25)26/h9,11-14,18,20-21H,3-8,10H2,1-2H3,(H,25,26)/t18-,20+,21+/m0/s1. The van der Waals surface area contributed by atoms with Gasteiger partial charge in [-0.2, -0.15) is 0 Å². The molecule has 2 aromatic rings. The average Bonchev–Trinajstić information content (AvgIpc) is 3.20. The second kappa shape index (κ2) is 9.25. The summed E-state index contributed by atoms with van der Waals surface area (Å²) in [6.45, 7) is 4.34. The van der Waals surface area contributed by atoms with Crippen LogP contribution in [0.25, 0.3) is 0 Å². The van der Waals surface area contributed by atoms with E-state index in [1.165, 1.54) is 45.7 Å². The average molecular weight is 405 g/mol. The predicted molar refractivity (Wildman–Crippen MR) is 114 cm³/mol. The molecule has 1 aliphatic rings. The fourth-order valence-corrected chi connectivity index (χ4v) is 5.92. The number of benzene rings is 1. The maximum absolute atomic E-state index is 11.0. The van der Waals surface area contributed by atoms with Crippen LogP contribution in [0.15, 0.2) is 30.3 Å². The smallest absolute Gasteiger partial charge is 0.345 e. The number of carboxylic acids is 1. The molecule has 1 aromatic heterocycles. The van der Waals surface area contributed by atoms with Gasteiger partial charge in [0.05, 0.1) is 0 Å². The topological polar surface area (TPSA) is 37.3 Å². The molecule has 0 radical (unpaired) electrons. The third-order valence-electron chi connectivity index (χ3n) is 5.80. The van der Waals surface area contributed by atoms with Crippen molar-refractivity contribution in [2.24, 2.45) is 11.8 Å². The number of aromatic carboxylic acids is 1. The Morgan fingerprint density at radius 1 is 1.11 bits per heavy atom. The second-order valence-corrected chi connectivity index (χ2v) is 9.74. The van der Waals surface area contributed by atoms with E-state index in [0.29, 0.717) is 22.1 Å². The Labute approximate surface area is 171 Å². The van der Waals surface area contributed by atoms with Crippen LogP contribution in [0, 0.1) is 25.7 Å². The van der Waals surface area contributed by atoms with E-state index in [0.717, 1.165) is 32.1 Å². The van der Waals surface area contributed by atoms with E-state index >= 15 is 0 Å². The molecule has 0 unspecified atom stereocenters. The van der Waals surface area contributed by atoms with Gasteiger partial charge in [0.2, 0.25) is 0 Å². The summed E-state index contributed by atoms with van der Waals surface area (Å²) in [7, 11) is 0. The van der Waals surface area contributed by atoms with Crippen molar-refractivity contribution >= 4 is 28.9 Å². The van der Waals surface area contributed by atoms with Crippen LogP contribution in [0.2, 0.25) is 0 Å². The SMILES string of the molecule is Cc1cc(C)cc(CC[C@H]2CC[C@@H](Cl)[C@@H]2CCCc2ccc(C(=O)O)s2)c1. The highest BCUT2D eigenvalue weighted by atomic mass is 35.5. The number of carbonyl (C=O) groups is 1. The zero-order valence-corrected chi connectivity index (χ0v) is 17.8. The van der Waals surface area contributed by atoms with Crippen LogP contribution >= 0.6 is 22.9 Å². The van der Waals surface area contributed by atoms with E-state index < -0.39 is 5.97 Å². The number of rotatable bonds is 8. The lowest BCUT2D eigenvalue weighted by Crippen LogP contribution is -2.16. The highest BCUT2D eigenvalue weighted by Gasteiger charge is 2.33. The summed E-state index contributed by atoms with van der Waals surface area (Å²) >= 11 is 8.06. The monoisotopic (exact) mass is 404 g/mol. The van der Waals surface area contributed by atoms with E-state index in [1.807, 2.05) is 6.07 Å². The normalized spacial score (nSPS) is 22.3. The molecule has 2 nitrogen and oxygen atoms in total. The molecule has 1 heterocycles. The van der Waals surface area contributed by atoms with Crippen molar-refractivity contribution in [1.29, 1.82) is 0 Å². The van der Waals surface area contributed by atoms with Gasteiger partial charge in [0, 0.05) is 10.3 Å². The van der Waals surface area contributed by atoms with Gasteiger partial charge in [0.25, 0.3) is 0 Å². The summed E-state index contributed by atoms with van der Waals surface area (Å²) in [6.07, 6.45) is 7.93. The van der Waals surface area contributed by atoms with Gasteiger partial charge in [-0.05, 0) is 88.3 Å². The van der Waals surface area contributed by atoms with E-state index in [9.17, 15) is 4.79 Å². The van der Waals surface area contributed by atoms with Gasteiger partial charge in [0.1, 0.15) is 4.88 Å². The van der Waals surface area contributed by atoms with Gasteiger partial charge in [-0.15, -0.1) is 22.9 Å². The fourth-order valence-electron chi connectivity index (χ4n) is 4.58. The maximum atomic E-state index is 11.0. The van der Waals surface area contributed by atoms with E-state index in [-0.39, 0.29) is 0 Å². The lowest BCUT2D eigenvalue weighted by Gasteiger charge is -2.22. The van der Waals surface area contributed by atoms with Gasteiger partial charge in [-0.3, -0.25) is 0 Å². The molecule has 1 aromatic carbocycles. The van der Waals surface area contributed by atoms with Crippen molar-refractivity contribution in [2.45, 2.75) is 64.2 Å². The number of alkyl halides is 1. The molecule has 1 saturated carbocycles. The number of thiophene rings is 1. The highest BCUT2D eigenvalue weighted by Crippen LogP contribution is 2.41. The summed E-state index contributed by atoms with van der Waals surface area (Å²) in [5.41, 5.74) is 4.14. The van der Waals surface area contributed by atoms with E-state index in [1.54, 1.807) is 6.07 Å². The minimum absolute atomic E-state index is 0.298. The summed E-state index contributed by atoms with van der Waals surface area (Å²) in [6, 6.07) is 10.5. The van der Waals surface area contributed by atoms with E-state index in [4.69, 9.17) is 16.7 Å². The molecule has 4 heteroatoms. The first-order chi connectivity index (χ1) is 12.9. The third-order valence-corrected chi connectivity index (χ3v) is 7.48. The fraction of sp³-hybridized carbons (Fsp3) is 0.522. The van der Waals surface area contributed by atoms with Crippen LogP contribution in [-0.4, -0.2) is 16.5 Å². The highest BCUT2D eigenvalue weighted by molar-refractivity contribution is 7.13. The largest absolute Gasteiger partial charge is 0.477 e. The Kier molecular flexibility index (Phi) is 6.99. The second-order valence-electron chi connectivity index (χ2n) is 8.02. The molecule has 0 spiro atoms. The zero-order chi connectivity index (χ0) is 19.4. The molecule has 0 aliphatic heterocycles. The first-order valence-electron chi connectivity index (χ1n) is 9.95. The number of carboxylic acid groups (broad SMARTS) is 1. The number of hydrogen-bond acceptors (Lipinski definition) is 2. The molecule has 27 heavy (non-hydrogen) atoms. The molecule has 1 fully saturated rings. The molecular weight excluding hydrogens is 376 g/mol. The molecule has 146 valence electrons. The van der Waals surface area contributed by atoms with Gasteiger partial charge >= 0.3 is 5.97 Å². The van der Waals surface area contributed by atoms with E-state index in [2.05, 4.69) is 32.0 Å². The summed E-state index contributed by atoms with van der Waals surface area (Å²) < 4.78 is 0. The van der Waals surface area contributed by atoms with Crippen molar-refractivity contribution in [2.75, 3.05) is 0 Å². The Hall–Kier alpha value is -1.32. The third kappa shape index (κ3) is 5.58. The number of hydrogen-bond donors (Lipinski definition) is 1.